The summed E-state index contributed by atoms with van der Waals surface area (Å²) < 4.78 is 1.09. The number of rotatable bonds is 0. The predicted molar refractivity (Wildman–Crippen MR) is 35.9 cm³/mol. The summed E-state index contributed by atoms with van der Waals surface area (Å²) in [6.07, 6.45) is 1.61. The highest BCUT2D eigenvalue weighted by atomic mass is 79.9. The van der Waals surface area contributed by atoms with Crippen molar-refractivity contribution in [3.63, 3.8) is 0 Å². The van der Waals surface area contributed by atoms with Crippen molar-refractivity contribution in [1.82, 2.24) is 0 Å². The van der Waals surface area contributed by atoms with Gasteiger partial charge < -0.3 is 0 Å². The van der Waals surface area contributed by atoms with E-state index in [4.69, 9.17) is 0 Å². The quantitative estimate of drug-likeness (QED) is 0.550. The average molecular weight is 175 g/mol. The molecule has 44 valence electrons. The van der Waals surface area contributed by atoms with Crippen molar-refractivity contribution in [2.45, 2.75) is 19.8 Å². The molecule has 1 aliphatic rings. The topological polar surface area (TPSA) is 17.1 Å². The lowest BCUT2D eigenvalue weighted by molar-refractivity contribution is -0.114. The minimum Gasteiger partial charge on any atom is -0.295 e. The lowest BCUT2D eigenvalue weighted by Gasteiger charge is -1.84. The molecule has 1 aliphatic carbocycles. The summed E-state index contributed by atoms with van der Waals surface area (Å²) in [5, 5.41) is 0. The van der Waals surface area contributed by atoms with E-state index in [0.29, 0.717) is 6.42 Å². The van der Waals surface area contributed by atoms with Gasteiger partial charge >= 0.3 is 0 Å². The summed E-state index contributed by atoms with van der Waals surface area (Å²) in [4.78, 5) is 10.7. The van der Waals surface area contributed by atoms with E-state index in [9.17, 15) is 4.79 Å². The molecule has 0 saturated carbocycles. The van der Waals surface area contributed by atoms with Crippen LogP contribution in [-0.2, 0) is 4.79 Å². The molecule has 0 bridgehead atoms. The summed E-state index contributed by atoms with van der Waals surface area (Å²) in [7, 11) is 0. The van der Waals surface area contributed by atoms with Gasteiger partial charge in [-0.15, -0.1) is 0 Å². The first-order valence-corrected chi connectivity index (χ1v) is 3.39. The molecule has 0 aliphatic heterocycles. The largest absolute Gasteiger partial charge is 0.295 e. The Balaban J connectivity index is 2.86. The van der Waals surface area contributed by atoms with Gasteiger partial charge in [0, 0.05) is 16.5 Å². The Labute approximate surface area is 56.9 Å². The van der Waals surface area contributed by atoms with E-state index in [-0.39, 0.29) is 5.78 Å². The molecule has 0 aromatic carbocycles. The first-order valence-electron chi connectivity index (χ1n) is 2.60. The van der Waals surface area contributed by atoms with Crippen LogP contribution in [0.2, 0.25) is 0 Å². The minimum absolute atomic E-state index is 0.289. The number of Topliss-reactive ketones (excluding diaryl/α,β-unsaturated/α-hetero) is 1. The van der Waals surface area contributed by atoms with Crippen molar-refractivity contribution in [1.29, 1.82) is 0 Å². The van der Waals surface area contributed by atoms with Gasteiger partial charge in [-0.25, -0.2) is 0 Å². The average Bonchev–Trinajstić information content (AvgIpc) is 1.98. The Morgan fingerprint density at radius 1 is 1.50 bits per heavy atom. The van der Waals surface area contributed by atoms with Crippen LogP contribution in [0.1, 0.15) is 19.8 Å². The summed E-state index contributed by atoms with van der Waals surface area (Å²) in [6.45, 7) is 1.86. The maximum atomic E-state index is 10.7. The molecule has 0 aromatic rings. The van der Waals surface area contributed by atoms with Gasteiger partial charge in [0.2, 0.25) is 0 Å². The summed E-state index contributed by atoms with van der Waals surface area (Å²) in [5.74, 6) is 0.289. The second kappa shape index (κ2) is 2.02. The molecular formula is C6H7BrO. The number of halogens is 1. The third kappa shape index (κ3) is 0.848. The Morgan fingerprint density at radius 3 is 2.25 bits per heavy atom. The van der Waals surface area contributed by atoms with Crippen molar-refractivity contribution in [3.05, 3.63) is 10.1 Å². The third-order valence-electron chi connectivity index (χ3n) is 1.40. The number of carbonyl (C=O) groups is 1. The molecule has 0 aromatic heterocycles. The number of hydrogen-bond acceptors (Lipinski definition) is 1. The zero-order valence-electron chi connectivity index (χ0n) is 4.70. The molecule has 1 nitrogen and oxygen atoms in total. The molecule has 0 atom stereocenters. The van der Waals surface area contributed by atoms with Gasteiger partial charge in [0.05, 0.1) is 0 Å². The van der Waals surface area contributed by atoms with E-state index in [1.807, 2.05) is 6.92 Å². The smallest absolute Gasteiger partial charge is 0.159 e. The van der Waals surface area contributed by atoms with E-state index >= 15 is 0 Å². The highest BCUT2D eigenvalue weighted by molar-refractivity contribution is 9.11. The second-order valence-corrected chi connectivity index (χ2v) is 2.91. The van der Waals surface area contributed by atoms with Gasteiger partial charge in [0.1, 0.15) is 0 Å². The van der Waals surface area contributed by atoms with Gasteiger partial charge in [-0.2, -0.15) is 0 Å². The monoisotopic (exact) mass is 174 g/mol. The van der Waals surface area contributed by atoms with E-state index in [1.54, 1.807) is 0 Å². The van der Waals surface area contributed by atoms with Crippen molar-refractivity contribution in [3.8, 4) is 0 Å². The van der Waals surface area contributed by atoms with Gasteiger partial charge in [0.25, 0.3) is 0 Å². The van der Waals surface area contributed by atoms with Crippen LogP contribution in [-0.4, -0.2) is 5.78 Å². The SMILES string of the molecule is CC1=C(Br)CCC1=O. The van der Waals surface area contributed by atoms with Gasteiger partial charge in [0.15, 0.2) is 5.78 Å². The first-order chi connectivity index (χ1) is 3.72. The molecule has 0 N–H and O–H groups in total. The molecule has 0 spiro atoms. The maximum Gasteiger partial charge on any atom is 0.159 e. The first kappa shape index (κ1) is 6.02. The van der Waals surface area contributed by atoms with E-state index in [0.717, 1.165) is 16.5 Å². The van der Waals surface area contributed by atoms with Crippen LogP contribution in [0.4, 0.5) is 0 Å². The van der Waals surface area contributed by atoms with Crippen LogP contribution in [0.3, 0.4) is 0 Å². The number of allylic oxidation sites excluding steroid dienone is 2. The molecule has 0 radical (unpaired) electrons. The maximum absolute atomic E-state index is 10.7. The van der Waals surface area contributed by atoms with Gasteiger partial charge in [-0.05, 0) is 13.3 Å². The zero-order chi connectivity index (χ0) is 6.15. The Hall–Kier alpha value is -0.110. The van der Waals surface area contributed by atoms with Crippen LogP contribution in [0.5, 0.6) is 0 Å². The Kier molecular flexibility index (Phi) is 1.52. The normalized spacial score (nSPS) is 20.5. The molecule has 0 saturated heterocycles. The number of hydrogen-bond donors (Lipinski definition) is 0. The fourth-order valence-corrected chi connectivity index (χ4v) is 1.17. The van der Waals surface area contributed by atoms with Gasteiger partial charge in [-0.3, -0.25) is 4.79 Å². The molecule has 0 heterocycles. The summed E-state index contributed by atoms with van der Waals surface area (Å²) >= 11 is 3.30. The fourth-order valence-electron chi connectivity index (χ4n) is 0.750. The molecule has 0 amide bonds. The Bertz CT molecular complexity index is 158. The van der Waals surface area contributed by atoms with Crippen LogP contribution < -0.4 is 0 Å². The van der Waals surface area contributed by atoms with Crippen LogP contribution in [0, 0.1) is 0 Å². The van der Waals surface area contributed by atoms with Crippen molar-refractivity contribution >= 4 is 21.7 Å². The molecule has 0 fully saturated rings. The Morgan fingerprint density at radius 2 is 2.12 bits per heavy atom. The lowest BCUT2D eigenvalue weighted by atomic mass is 10.2. The third-order valence-corrected chi connectivity index (χ3v) is 2.39. The van der Waals surface area contributed by atoms with Crippen LogP contribution >= 0.6 is 15.9 Å². The standard InChI is InChI=1S/C6H7BrO/c1-4-5(7)2-3-6(4)8/h2-3H2,1H3. The highest BCUT2D eigenvalue weighted by Gasteiger charge is 2.15. The lowest BCUT2D eigenvalue weighted by Crippen LogP contribution is -1.89. The second-order valence-electron chi connectivity index (χ2n) is 1.95. The fraction of sp³-hybridized carbons (Fsp3) is 0.500. The summed E-state index contributed by atoms with van der Waals surface area (Å²) in [6, 6.07) is 0. The summed E-state index contributed by atoms with van der Waals surface area (Å²) in [5.41, 5.74) is 0.907. The number of ketones is 1. The minimum atomic E-state index is 0.289. The van der Waals surface area contributed by atoms with Crippen molar-refractivity contribution in [2.24, 2.45) is 0 Å². The molecule has 0 unspecified atom stereocenters. The predicted octanol–water partition coefficient (Wildman–Crippen LogP) is 2.02. The highest BCUT2D eigenvalue weighted by Crippen LogP contribution is 2.26. The molecular weight excluding hydrogens is 168 g/mol. The number of carbonyl (C=O) groups excluding carboxylic acids is 1. The van der Waals surface area contributed by atoms with E-state index in [1.165, 1.54) is 0 Å². The molecule has 8 heavy (non-hydrogen) atoms. The van der Waals surface area contributed by atoms with E-state index in [2.05, 4.69) is 15.9 Å². The van der Waals surface area contributed by atoms with Crippen LogP contribution in [0.25, 0.3) is 0 Å². The molecule has 1 rings (SSSR count). The van der Waals surface area contributed by atoms with Crippen molar-refractivity contribution in [2.75, 3.05) is 0 Å². The molecule has 2 heteroatoms. The van der Waals surface area contributed by atoms with Crippen LogP contribution in [0.15, 0.2) is 10.1 Å². The van der Waals surface area contributed by atoms with Gasteiger partial charge in [-0.1, -0.05) is 15.9 Å². The zero-order valence-corrected chi connectivity index (χ0v) is 6.29. The van der Waals surface area contributed by atoms with E-state index < -0.39 is 0 Å². The van der Waals surface area contributed by atoms with Crippen molar-refractivity contribution < 1.29 is 4.79 Å².